The van der Waals surface area contributed by atoms with Gasteiger partial charge < -0.3 is 9.47 Å². The van der Waals surface area contributed by atoms with Crippen LogP contribution in [0.5, 0.6) is 11.5 Å². The van der Waals surface area contributed by atoms with Gasteiger partial charge in [0.1, 0.15) is 0 Å². The van der Waals surface area contributed by atoms with Crippen molar-refractivity contribution in [2.24, 2.45) is 0 Å². The van der Waals surface area contributed by atoms with E-state index in [1.807, 2.05) is 31.0 Å². The summed E-state index contributed by atoms with van der Waals surface area (Å²) in [7, 11) is 5.24. The Labute approximate surface area is 115 Å². The van der Waals surface area contributed by atoms with Gasteiger partial charge in [0.25, 0.3) is 0 Å². The number of benzene rings is 1. The fourth-order valence-electron chi connectivity index (χ4n) is 1.88. The first kappa shape index (κ1) is 15.3. The lowest BCUT2D eigenvalue weighted by atomic mass is 10.0. The van der Waals surface area contributed by atoms with Gasteiger partial charge in [-0.05, 0) is 50.6 Å². The predicted octanol–water partition coefficient (Wildman–Crippen LogP) is 2.40. The number of methoxy groups -OCH3 is 2. The maximum atomic E-state index is 8.88. The molecule has 104 valence electrons. The Morgan fingerprint density at radius 2 is 1.84 bits per heavy atom. The van der Waals surface area contributed by atoms with Gasteiger partial charge in [-0.2, -0.15) is 5.26 Å². The van der Waals surface area contributed by atoms with E-state index < -0.39 is 0 Å². The van der Waals surface area contributed by atoms with E-state index in [0.717, 1.165) is 24.5 Å². The van der Waals surface area contributed by atoms with Crippen LogP contribution in [0, 0.1) is 18.3 Å². The summed E-state index contributed by atoms with van der Waals surface area (Å²) in [5, 5.41) is 8.88. The second-order valence-corrected chi connectivity index (χ2v) is 4.67. The largest absolute Gasteiger partial charge is 0.493 e. The SMILES string of the molecule is COc1cc(C)c(CCN(C)C(C)C#N)cc1OC. The maximum absolute atomic E-state index is 8.88. The molecule has 0 N–H and O–H groups in total. The van der Waals surface area contributed by atoms with Crippen molar-refractivity contribution in [2.75, 3.05) is 27.8 Å². The Kier molecular flexibility index (Phi) is 5.65. The first-order chi connectivity index (χ1) is 9.03. The molecule has 1 aromatic carbocycles. The lowest BCUT2D eigenvalue weighted by Crippen LogP contribution is -2.29. The first-order valence-electron chi connectivity index (χ1n) is 6.34. The van der Waals surface area contributed by atoms with Gasteiger partial charge in [0.05, 0.1) is 26.3 Å². The third-order valence-electron chi connectivity index (χ3n) is 3.42. The van der Waals surface area contributed by atoms with E-state index in [2.05, 4.69) is 13.0 Å². The minimum atomic E-state index is -0.0690. The van der Waals surface area contributed by atoms with Crippen molar-refractivity contribution < 1.29 is 9.47 Å². The predicted molar refractivity (Wildman–Crippen MR) is 75.7 cm³/mol. The Balaban J connectivity index is 2.82. The van der Waals surface area contributed by atoms with Gasteiger partial charge in [0.2, 0.25) is 0 Å². The van der Waals surface area contributed by atoms with Crippen LogP contribution in [-0.2, 0) is 6.42 Å². The zero-order chi connectivity index (χ0) is 14.4. The van der Waals surface area contributed by atoms with Crippen molar-refractivity contribution in [1.29, 1.82) is 5.26 Å². The zero-order valence-corrected chi connectivity index (χ0v) is 12.4. The Hall–Kier alpha value is -1.73. The molecule has 0 heterocycles. The normalized spacial score (nSPS) is 12.1. The second-order valence-electron chi connectivity index (χ2n) is 4.67. The minimum absolute atomic E-state index is 0.0690. The number of ether oxygens (including phenoxy) is 2. The topological polar surface area (TPSA) is 45.5 Å². The number of rotatable bonds is 6. The van der Waals surface area contributed by atoms with Gasteiger partial charge in [0, 0.05) is 6.54 Å². The maximum Gasteiger partial charge on any atom is 0.161 e. The van der Waals surface area contributed by atoms with Crippen molar-refractivity contribution in [3.63, 3.8) is 0 Å². The van der Waals surface area contributed by atoms with Gasteiger partial charge in [-0.1, -0.05) is 0 Å². The lowest BCUT2D eigenvalue weighted by Gasteiger charge is -2.20. The molecule has 0 bridgehead atoms. The van der Waals surface area contributed by atoms with Crippen molar-refractivity contribution in [3.8, 4) is 17.6 Å². The third kappa shape index (κ3) is 3.87. The molecular weight excluding hydrogens is 240 g/mol. The Morgan fingerprint density at radius 1 is 1.26 bits per heavy atom. The summed E-state index contributed by atoms with van der Waals surface area (Å²) in [6.45, 7) is 4.80. The van der Waals surface area contributed by atoms with Gasteiger partial charge in [0.15, 0.2) is 11.5 Å². The van der Waals surface area contributed by atoms with E-state index in [9.17, 15) is 0 Å². The molecule has 1 aromatic rings. The highest BCUT2D eigenvalue weighted by Crippen LogP contribution is 2.30. The molecule has 4 nitrogen and oxygen atoms in total. The van der Waals surface area contributed by atoms with Crippen LogP contribution in [0.3, 0.4) is 0 Å². The van der Waals surface area contributed by atoms with E-state index in [-0.39, 0.29) is 6.04 Å². The summed E-state index contributed by atoms with van der Waals surface area (Å²) in [6, 6.07) is 6.17. The quantitative estimate of drug-likeness (QED) is 0.789. The molecule has 0 aliphatic heterocycles. The molecule has 0 radical (unpaired) electrons. The monoisotopic (exact) mass is 262 g/mol. The summed E-state index contributed by atoms with van der Waals surface area (Å²) >= 11 is 0. The molecule has 0 aliphatic carbocycles. The molecule has 0 saturated carbocycles. The molecule has 0 aliphatic rings. The van der Waals surface area contributed by atoms with Gasteiger partial charge in [-0.15, -0.1) is 0 Å². The van der Waals surface area contributed by atoms with Crippen LogP contribution < -0.4 is 9.47 Å². The number of nitrogens with zero attached hydrogens (tertiary/aromatic N) is 2. The summed E-state index contributed by atoms with van der Waals surface area (Å²) in [5.41, 5.74) is 2.39. The molecule has 0 aromatic heterocycles. The van der Waals surface area contributed by atoms with E-state index in [1.54, 1.807) is 14.2 Å². The van der Waals surface area contributed by atoms with E-state index in [4.69, 9.17) is 14.7 Å². The van der Waals surface area contributed by atoms with Crippen LogP contribution in [0.1, 0.15) is 18.1 Å². The number of nitriles is 1. The zero-order valence-electron chi connectivity index (χ0n) is 12.4. The number of hydrogen-bond donors (Lipinski definition) is 0. The van der Waals surface area contributed by atoms with E-state index in [0.29, 0.717) is 0 Å². The van der Waals surface area contributed by atoms with Crippen LogP contribution in [0.15, 0.2) is 12.1 Å². The number of likely N-dealkylation sites (N-methyl/N-ethyl adjacent to an activating group) is 1. The molecule has 1 atom stereocenters. The van der Waals surface area contributed by atoms with Gasteiger partial charge in [-0.3, -0.25) is 4.90 Å². The average molecular weight is 262 g/mol. The molecule has 0 spiro atoms. The van der Waals surface area contributed by atoms with Crippen molar-refractivity contribution >= 4 is 0 Å². The number of aryl methyl sites for hydroxylation is 1. The Morgan fingerprint density at radius 3 is 2.37 bits per heavy atom. The molecule has 19 heavy (non-hydrogen) atoms. The van der Waals surface area contributed by atoms with Crippen LogP contribution in [0.25, 0.3) is 0 Å². The van der Waals surface area contributed by atoms with E-state index in [1.165, 1.54) is 11.1 Å². The molecule has 1 rings (SSSR count). The summed E-state index contributed by atoms with van der Waals surface area (Å²) in [5.74, 6) is 1.50. The summed E-state index contributed by atoms with van der Waals surface area (Å²) < 4.78 is 10.6. The molecule has 0 amide bonds. The smallest absolute Gasteiger partial charge is 0.161 e. The van der Waals surface area contributed by atoms with Crippen molar-refractivity contribution in [3.05, 3.63) is 23.3 Å². The summed E-state index contributed by atoms with van der Waals surface area (Å²) in [6.07, 6.45) is 0.884. The highest BCUT2D eigenvalue weighted by Gasteiger charge is 2.11. The molecule has 0 fully saturated rings. The fraction of sp³-hybridized carbons (Fsp3) is 0.533. The second kappa shape index (κ2) is 7.01. The van der Waals surface area contributed by atoms with Crippen LogP contribution in [-0.4, -0.2) is 38.8 Å². The minimum Gasteiger partial charge on any atom is -0.493 e. The lowest BCUT2D eigenvalue weighted by molar-refractivity contribution is 0.306. The van der Waals surface area contributed by atoms with Crippen molar-refractivity contribution in [1.82, 2.24) is 4.90 Å². The first-order valence-corrected chi connectivity index (χ1v) is 6.34. The Bertz CT molecular complexity index is 466. The molecule has 0 saturated heterocycles. The van der Waals surface area contributed by atoms with Gasteiger partial charge in [-0.25, -0.2) is 0 Å². The van der Waals surface area contributed by atoms with Crippen LogP contribution in [0.4, 0.5) is 0 Å². The summed E-state index contributed by atoms with van der Waals surface area (Å²) in [4.78, 5) is 2.04. The number of hydrogen-bond acceptors (Lipinski definition) is 4. The third-order valence-corrected chi connectivity index (χ3v) is 3.42. The standard InChI is InChI=1S/C15H22N2O2/c1-11-8-14(18-4)15(19-5)9-13(11)6-7-17(3)12(2)10-16/h8-9,12H,6-7H2,1-5H3. The van der Waals surface area contributed by atoms with Crippen LogP contribution >= 0.6 is 0 Å². The fourth-order valence-corrected chi connectivity index (χ4v) is 1.88. The van der Waals surface area contributed by atoms with E-state index >= 15 is 0 Å². The van der Waals surface area contributed by atoms with Crippen molar-refractivity contribution in [2.45, 2.75) is 26.3 Å². The van der Waals surface area contributed by atoms with Gasteiger partial charge >= 0.3 is 0 Å². The van der Waals surface area contributed by atoms with Crippen LogP contribution in [0.2, 0.25) is 0 Å². The average Bonchev–Trinajstić information content (AvgIpc) is 2.44. The molecule has 1 unspecified atom stereocenters. The highest BCUT2D eigenvalue weighted by atomic mass is 16.5. The molecule has 4 heteroatoms. The molecular formula is C15H22N2O2. The highest BCUT2D eigenvalue weighted by molar-refractivity contribution is 5.47.